The monoisotopic (exact) mass is 503 g/mol. The van der Waals surface area contributed by atoms with Gasteiger partial charge in [-0.25, -0.2) is 0 Å². The third-order valence-electron chi connectivity index (χ3n) is 5.11. The van der Waals surface area contributed by atoms with Crippen LogP contribution in [0.3, 0.4) is 0 Å². The summed E-state index contributed by atoms with van der Waals surface area (Å²) in [7, 11) is 0. The van der Waals surface area contributed by atoms with Gasteiger partial charge < -0.3 is 15.4 Å². The van der Waals surface area contributed by atoms with E-state index >= 15 is 0 Å². The molecule has 1 aliphatic heterocycles. The molecule has 1 aliphatic rings. The van der Waals surface area contributed by atoms with E-state index in [0.29, 0.717) is 29.3 Å². The molecule has 6 nitrogen and oxygen atoms in total. The lowest BCUT2D eigenvalue weighted by Gasteiger charge is -2.18. The third-order valence-corrected chi connectivity index (χ3v) is 5.81. The van der Waals surface area contributed by atoms with Gasteiger partial charge in [0.15, 0.2) is 5.11 Å². The van der Waals surface area contributed by atoms with Gasteiger partial charge in [-0.1, -0.05) is 48.0 Å². The van der Waals surface area contributed by atoms with Gasteiger partial charge in [-0.3, -0.25) is 14.9 Å². The fourth-order valence-corrected chi connectivity index (χ4v) is 3.98. The number of ether oxygens (including phenoxy) is 1. The molecule has 2 atom stereocenters. The summed E-state index contributed by atoms with van der Waals surface area (Å²) in [6.45, 7) is 4.74. The van der Waals surface area contributed by atoms with Crippen molar-refractivity contribution >= 4 is 50.8 Å². The van der Waals surface area contributed by atoms with Crippen molar-refractivity contribution in [1.29, 1.82) is 0 Å². The molecule has 8 heteroatoms. The minimum atomic E-state index is -0.322. The molecular weight excluding hydrogens is 478 g/mol. The van der Waals surface area contributed by atoms with Crippen molar-refractivity contribution in [2.24, 2.45) is 5.92 Å². The van der Waals surface area contributed by atoms with Crippen LogP contribution in [0.25, 0.3) is 0 Å². The normalized spacial score (nSPS) is 17.9. The summed E-state index contributed by atoms with van der Waals surface area (Å²) >= 11 is 8.69. The van der Waals surface area contributed by atoms with Gasteiger partial charge in [-0.15, -0.1) is 0 Å². The molecule has 31 heavy (non-hydrogen) atoms. The minimum Gasteiger partial charge on any atom is -0.373 e. The van der Waals surface area contributed by atoms with Crippen molar-refractivity contribution < 1.29 is 14.3 Å². The Hall–Kier alpha value is -2.29. The molecule has 0 spiro atoms. The van der Waals surface area contributed by atoms with E-state index in [1.54, 1.807) is 42.5 Å². The first-order valence-electron chi connectivity index (χ1n) is 10.2. The van der Waals surface area contributed by atoms with Gasteiger partial charge in [0.2, 0.25) is 0 Å². The summed E-state index contributed by atoms with van der Waals surface area (Å²) in [5, 5.41) is 8.66. The van der Waals surface area contributed by atoms with Gasteiger partial charge in [0, 0.05) is 16.6 Å². The molecule has 164 valence electrons. The molecule has 2 aromatic rings. The van der Waals surface area contributed by atoms with Crippen LogP contribution in [-0.4, -0.2) is 35.7 Å². The predicted molar refractivity (Wildman–Crippen MR) is 129 cm³/mol. The maximum atomic E-state index is 12.8. The molecule has 0 aliphatic carbocycles. The highest BCUT2D eigenvalue weighted by Gasteiger charge is 2.27. The first kappa shape index (κ1) is 23.4. The number of anilines is 1. The number of benzene rings is 2. The Balaban J connectivity index is 1.61. The number of carbonyl (C=O) groups is 2. The van der Waals surface area contributed by atoms with E-state index in [-0.39, 0.29) is 29.1 Å². The van der Waals surface area contributed by atoms with E-state index in [4.69, 9.17) is 17.0 Å². The average molecular weight is 504 g/mol. The Labute approximate surface area is 196 Å². The molecule has 2 unspecified atom stereocenters. The molecule has 2 amide bonds. The van der Waals surface area contributed by atoms with E-state index < -0.39 is 0 Å². The zero-order chi connectivity index (χ0) is 22.4. The highest BCUT2D eigenvalue weighted by molar-refractivity contribution is 9.10. The lowest BCUT2D eigenvalue weighted by molar-refractivity contribution is 0.0201. The molecular formula is C23H26BrN3O3S. The van der Waals surface area contributed by atoms with Crippen molar-refractivity contribution in [2.75, 3.05) is 11.9 Å². The van der Waals surface area contributed by atoms with Crippen molar-refractivity contribution in [3.05, 3.63) is 64.1 Å². The Bertz CT molecular complexity index is 952. The van der Waals surface area contributed by atoms with Gasteiger partial charge >= 0.3 is 0 Å². The summed E-state index contributed by atoms with van der Waals surface area (Å²) < 4.78 is 6.78. The van der Waals surface area contributed by atoms with Crippen molar-refractivity contribution in [3.63, 3.8) is 0 Å². The van der Waals surface area contributed by atoms with Gasteiger partial charge in [-0.2, -0.15) is 0 Å². The molecule has 0 radical (unpaired) electrons. The van der Waals surface area contributed by atoms with Crippen LogP contribution in [0.5, 0.6) is 0 Å². The lowest BCUT2D eigenvalue weighted by Crippen LogP contribution is -2.36. The summed E-state index contributed by atoms with van der Waals surface area (Å²) in [5.74, 6) is -0.0870. The van der Waals surface area contributed by atoms with Gasteiger partial charge in [0.1, 0.15) is 0 Å². The number of thiocarbonyl (C=S) groups is 1. The Morgan fingerprint density at radius 3 is 2.55 bits per heavy atom. The maximum absolute atomic E-state index is 12.8. The van der Waals surface area contributed by atoms with E-state index in [2.05, 4.69) is 45.7 Å². The first-order valence-corrected chi connectivity index (χ1v) is 11.4. The van der Waals surface area contributed by atoms with Crippen LogP contribution in [0.15, 0.2) is 53.0 Å². The molecule has 0 aromatic heterocycles. The second kappa shape index (κ2) is 10.8. The smallest absolute Gasteiger partial charge is 0.257 e. The van der Waals surface area contributed by atoms with Crippen molar-refractivity contribution in [3.8, 4) is 0 Å². The predicted octanol–water partition coefficient (Wildman–Crippen LogP) is 4.51. The molecule has 1 heterocycles. The summed E-state index contributed by atoms with van der Waals surface area (Å²) in [6, 6.07) is 14.0. The average Bonchev–Trinajstić information content (AvgIpc) is 3.22. The number of rotatable bonds is 6. The topological polar surface area (TPSA) is 79.5 Å². The summed E-state index contributed by atoms with van der Waals surface area (Å²) in [5.41, 5.74) is 1.42. The van der Waals surface area contributed by atoms with Crippen LogP contribution >= 0.6 is 28.1 Å². The fourth-order valence-electron chi connectivity index (χ4n) is 3.41. The zero-order valence-corrected chi connectivity index (χ0v) is 19.9. The van der Waals surface area contributed by atoms with E-state index in [1.165, 1.54) is 0 Å². The van der Waals surface area contributed by atoms with E-state index in [9.17, 15) is 9.59 Å². The Kier molecular flexibility index (Phi) is 8.17. The highest BCUT2D eigenvalue weighted by atomic mass is 79.9. The molecule has 3 N–H and O–H groups in total. The van der Waals surface area contributed by atoms with Crippen LogP contribution in [0, 0.1) is 5.92 Å². The standard InChI is InChI=1S/C23H26BrN3O3S/c1-14(2)20-11-9-17(30-20)13-25-22(29)18-10-8-16(24)12-19(18)26-23(31)27-21(28)15-6-4-3-5-7-15/h3-8,10,12,14,17,20H,9,11,13H2,1-2H3,(H,25,29)(H2,26,27,28,31). The maximum Gasteiger partial charge on any atom is 0.257 e. The summed E-state index contributed by atoms with van der Waals surface area (Å²) in [6.07, 6.45) is 2.22. The zero-order valence-electron chi connectivity index (χ0n) is 17.5. The molecule has 0 bridgehead atoms. The van der Waals surface area contributed by atoms with Gasteiger partial charge in [0.05, 0.1) is 23.5 Å². The fraction of sp³-hybridized carbons (Fsp3) is 0.348. The van der Waals surface area contributed by atoms with Gasteiger partial charge in [0.25, 0.3) is 11.8 Å². The Morgan fingerprint density at radius 1 is 1.13 bits per heavy atom. The number of amides is 2. The summed E-state index contributed by atoms with van der Waals surface area (Å²) in [4.78, 5) is 25.1. The van der Waals surface area contributed by atoms with Crippen molar-refractivity contribution in [2.45, 2.75) is 38.9 Å². The first-order chi connectivity index (χ1) is 14.8. The second-order valence-corrected chi connectivity index (χ2v) is 9.12. The largest absolute Gasteiger partial charge is 0.373 e. The van der Waals surface area contributed by atoms with Crippen LogP contribution in [0.1, 0.15) is 47.4 Å². The number of hydrogen-bond acceptors (Lipinski definition) is 4. The number of hydrogen-bond donors (Lipinski definition) is 3. The second-order valence-electron chi connectivity index (χ2n) is 7.79. The van der Waals surface area contributed by atoms with Crippen LogP contribution < -0.4 is 16.0 Å². The molecule has 2 aromatic carbocycles. The number of nitrogens with one attached hydrogen (secondary N) is 3. The quantitative estimate of drug-likeness (QED) is 0.505. The molecule has 1 saturated heterocycles. The minimum absolute atomic E-state index is 0.0226. The lowest BCUT2D eigenvalue weighted by atomic mass is 10.0. The van der Waals surface area contributed by atoms with Crippen molar-refractivity contribution in [1.82, 2.24) is 10.6 Å². The van der Waals surface area contributed by atoms with E-state index in [0.717, 1.165) is 17.3 Å². The SMILES string of the molecule is CC(C)C1CCC(CNC(=O)c2ccc(Br)cc2NC(=S)NC(=O)c2ccccc2)O1. The third kappa shape index (κ3) is 6.59. The number of carbonyl (C=O) groups excluding carboxylic acids is 2. The van der Waals surface area contributed by atoms with Gasteiger partial charge in [-0.05, 0) is 61.3 Å². The molecule has 1 fully saturated rings. The highest BCUT2D eigenvalue weighted by Crippen LogP contribution is 2.25. The van der Waals surface area contributed by atoms with Crippen LogP contribution in [0.2, 0.25) is 0 Å². The number of halogens is 1. The Morgan fingerprint density at radius 2 is 1.87 bits per heavy atom. The molecule has 0 saturated carbocycles. The van der Waals surface area contributed by atoms with E-state index in [1.807, 2.05) is 6.07 Å². The van der Waals surface area contributed by atoms with Crippen LogP contribution in [0.4, 0.5) is 5.69 Å². The molecule has 3 rings (SSSR count). The van der Waals surface area contributed by atoms with Crippen LogP contribution in [-0.2, 0) is 4.74 Å².